The third-order valence-electron chi connectivity index (χ3n) is 5.55. The monoisotopic (exact) mass is 483 g/mol. The molecule has 190 valence electrons. The van der Waals surface area contributed by atoms with Crippen LogP contribution >= 0.6 is 0 Å². The van der Waals surface area contributed by atoms with Gasteiger partial charge in [0.2, 0.25) is 5.91 Å². The number of anilines is 1. The Morgan fingerprint density at radius 2 is 1.54 bits per heavy atom. The fourth-order valence-electron chi connectivity index (χ4n) is 3.49. The molecule has 0 bridgehead atoms. The highest BCUT2D eigenvalue weighted by molar-refractivity contribution is 5.98. The van der Waals surface area contributed by atoms with Crippen molar-refractivity contribution in [2.75, 3.05) is 19.0 Å². The molecule has 2 aromatic carbocycles. The number of nitrogens with zero attached hydrogens (tertiary/aromatic N) is 1. The third-order valence-corrected chi connectivity index (χ3v) is 5.55. The van der Waals surface area contributed by atoms with Gasteiger partial charge < -0.3 is 25.0 Å². The van der Waals surface area contributed by atoms with Crippen LogP contribution in [0.2, 0.25) is 0 Å². The zero-order valence-corrected chi connectivity index (χ0v) is 21.7. The largest absolute Gasteiger partial charge is 0.497 e. The molecule has 0 aliphatic heterocycles. The smallest absolute Gasteiger partial charge is 0.408 e. The Labute approximate surface area is 208 Å². The Kier molecular flexibility index (Phi) is 9.28. The second-order valence-electron chi connectivity index (χ2n) is 9.82. The summed E-state index contributed by atoms with van der Waals surface area (Å²) in [6.07, 6.45) is -0.108. The first kappa shape index (κ1) is 27.7. The molecule has 0 saturated heterocycles. The van der Waals surface area contributed by atoms with Crippen LogP contribution in [0.15, 0.2) is 54.6 Å². The van der Waals surface area contributed by atoms with E-state index in [0.717, 1.165) is 0 Å². The summed E-state index contributed by atoms with van der Waals surface area (Å²) in [7, 11) is 1.57. The van der Waals surface area contributed by atoms with Gasteiger partial charge >= 0.3 is 6.09 Å². The lowest BCUT2D eigenvalue weighted by atomic mass is 9.93. The van der Waals surface area contributed by atoms with E-state index in [-0.39, 0.29) is 12.5 Å². The summed E-state index contributed by atoms with van der Waals surface area (Å²) in [5.41, 5.74) is -0.152. The van der Waals surface area contributed by atoms with Crippen LogP contribution < -0.4 is 15.4 Å². The molecule has 0 aliphatic carbocycles. The second-order valence-corrected chi connectivity index (χ2v) is 9.82. The minimum absolute atomic E-state index is 0.308. The fraction of sp³-hybridized carbons (Fsp3) is 0.444. The van der Waals surface area contributed by atoms with Gasteiger partial charge in [-0.2, -0.15) is 0 Å². The summed E-state index contributed by atoms with van der Waals surface area (Å²) in [5.74, 6) is -0.102. The lowest BCUT2D eigenvalue weighted by Crippen LogP contribution is -2.55. The van der Waals surface area contributed by atoms with Crippen molar-refractivity contribution in [2.45, 2.75) is 65.1 Å². The van der Waals surface area contributed by atoms with Crippen LogP contribution in [-0.2, 0) is 14.3 Å². The number of nitrogens with one attached hydrogen (secondary N) is 2. The third kappa shape index (κ3) is 8.02. The molecule has 35 heavy (non-hydrogen) atoms. The highest BCUT2D eigenvalue weighted by atomic mass is 16.6. The number of hydrogen-bond acceptors (Lipinski definition) is 5. The van der Waals surface area contributed by atoms with Crippen LogP contribution in [0, 0.1) is 0 Å². The Bertz CT molecular complexity index is 998. The molecular weight excluding hydrogens is 446 g/mol. The Hall–Kier alpha value is -3.55. The van der Waals surface area contributed by atoms with Gasteiger partial charge in [0.15, 0.2) is 0 Å². The zero-order valence-electron chi connectivity index (χ0n) is 21.7. The highest BCUT2D eigenvalue weighted by Crippen LogP contribution is 2.32. The van der Waals surface area contributed by atoms with Crippen LogP contribution in [0.1, 0.15) is 59.6 Å². The zero-order chi connectivity index (χ0) is 26.2. The number of carbonyl (C=O) groups excluding carboxylic acids is 3. The van der Waals surface area contributed by atoms with Crippen molar-refractivity contribution >= 4 is 23.6 Å². The first-order valence-corrected chi connectivity index (χ1v) is 11.7. The Morgan fingerprint density at radius 3 is 2.06 bits per heavy atom. The molecule has 0 spiro atoms. The van der Waals surface area contributed by atoms with Gasteiger partial charge in [-0.05, 0) is 70.9 Å². The van der Waals surface area contributed by atoms with E-state index in [0.29, 0.717) is 23.4 Å². The van der Waals surface area contributed by atoms with Gasteiger partial charge in [-0.3, -0.25) is 9.59 Å². The van der Waals surface area contributed by atoms with Crippen LogP contribution in [0.25, 0.3) is 0 Å². The van der Waals surface area contributed by atoms with E-state index in [2.05, 4.69) is 10.6 Å². The maximum absolute atomic E-state index is 13.7. The highest BCUT2D eigenvalue weighted by Gasteiger charge is 2.40. The molecular formula is C27H37N3O5. The molecule has 3 amide bonds. The standard InChI is InChI=1S/C27H37N3O5/c1-8-27(5,6)30(22(31)18-28-25(33)35-26(2,3)4)23(19-12-10-9-11-13-19)24(32)29-20-14-16-21(34-7)17-15-20/h9-17,23H,8,18H2,1-7H3,(H,28,33)(H,29,32). The van der Waals surface area contributed by atoms with Crippen molar-refractivity contribution in [1.29, 1.82) is 0 Å². The maximum atomic E-state index is 13.7. The number of hydrogen-bond donors (Lipinski definition) is 2. The second kappa shape index (κ2) is 11.7. The topological polar surface area (TPSA) is 97.0 Å². The number of amides is 3. The minimum atomic E-state index is -0.929. The molecule has 0 aromatic heterocycles. The van der Waals surface area contributed by atoms with E-state index in [1.165, 1.54) is 0 Å². The summed E-state index contributed by atoms with van der Waals surface area (Å²) in [6, 6.07) is 15.2. The molecule has 2 N–H and O–H groups in total. The first-order chi connectivity index (χ1) is 16.4. The Balaban J connectivity index is 2.39. The van der Waals surface area contributed by atoms with Gasteiger partial charge in [0.1, 0.15) is 23.9 Å². The average Bonchev–Trinajstić information content (AvgIpc) is 2.80. The van der Waals surface area contributed by atoms with Crippen LogP contribution in [0.5, 0.6) is 5.75 Å². The van der Waals surface area contributed by atoms with Crippen LogP contribution in [0.3, 0.4) is 0 Å². The SMILES string of the molecule is CCC(C)(C)N(C(=O)CNC(=O)OC(C)(C)C)C(C(=O)Nc1ccc(OC)cc1)c1ccccc1. The number of carbonyl (C=O) groups is 3. The van der Waals surface area contributed by atoms with Crippen LogP contribution in [-0.4, -0.2) is 47.6 Å². The van der Waals surface area contributed by atoms with Crippen molar-refractivity contribution < 1.29 is 23.9 Å². The van der Waals surface area contributed by atoms with Gasteiger partial charge in [0, 0.05) is 11.2 Å². The van der Waals surface area contributed by atoms with Gasteiger partial charge in [-0.15, -0.1) is 0 Å². The Morgan fingerprint density at radius 1 is 0.943 bits per heavy atom. The van der Waals surface area contributed by atoms with E-state index in [1.807, 2.05) is 51.1 Å². The lowest BCUT2D eigenvalue weighted by Gasteiger charge is -2.43. The molecule has 0 heterocycles. The predicted octanol–water partition coefficient (Wildman–Crippen LogP) is 4.92. The van der Waals surface area contributed by atoms with E-state index < -0.39 is 29.2 Å². The molecule has 1 unspecified atom stereocenters. The molecule has 8 heteroatoms. The van der Waals surface area contributed by atoms with Crippen LogP contribution in [0.4, 0.5) is 10.5 Å². The first-order valence-electron chi connectivity index (χ1n) is 11.7. The normalized spacial score (nSPS) is 12.3. The molecule has 8 nitrogen and oxygen atoms in total. The summed E-state index contributed by atoms with van der Waals surface area (Å²) >= 11 is 0. The molecule has 2 aromatic rings. The van der Waals surface area contributed by atoms with Gasteiger partial charge in [-0.1, -0.05) is 37.3 Å². The fourth-order valence-corrected chi connectivity index (χ4v) is 3.49. The number of benzene rings is 2. The van der Waals surface area contributed by atoms with Crippen molar-refractivity contribution in [1.82, 2.24) is 10.2 Å². The summed E-state index contributed by atoms with van der Waals surface area (Å²) in [5, 5.41) is 5.44. The van der Waals surface area contributed by atoms with Gasteiger partial charge in [-0.25, -0.2) is 4.79 Å². The number of ether oxygens (including phenoxy) is 2. The minimum Gasteiger partial charge on any atom is -0.497 e. The van der Waals surface area contributed by atoms with E-state index in [4.69, 9.17) is 9.47 Å². The summed E-state index contributed by atoms with van der Waals surface area (Å²) in [4.78, 5) is 40.9. The average molecular weight is 484 g/mol. The summed E-state index contributed by atoms with van der Waals surface area (Å²) in [6.45, 7) is 10.7. The lowest BCUT2D eigenvalue weighted by molar-refractivity contribution is -0.145. The number of rotatable bonds is 9. The van der Waals surface area contributed by atoms with E-state index in [9.17, 15) is 14.4 Å². The molecule has 1 atom stereocenters. The molecule has 2 rings (SSSR count). The molecule has 0 fully saturated rings. The maximum Gasteiger partial charge on any atom is 0.408 e. The van der Waals surface area contributed by atoms with Gasteiger partial charge in [0.05, 0.1) is 7.11 Å². The van der Waals surface area contributed by atoms with Crippen molar-refractivity contribution in [3.05, 3.63) is 60.2 Å². The van der Waals surface area contributed by atoms with Crippen molar-refractivity contribution in [3.63, 3.8) is 0 Å². The van der Waals surface area contributed by atoms with E-state index in [1.54, 1.807) is 57.0 Å². The van der Waals surface area contributed by atoms with Crippen molar-refractivity contribution in [3.8, 4) is 5.75 Å². The van der Waals surface area contributed by atoms with E-state index >= 15 is 0 Å². The molecule has 0 saturated carbocycles. The number of methoxy groups -OCH3 is 1. The molecule has 0 aliphatic rings. The number of alkyl carbamates (subject to hydrolysis) is 1. The van der Waals surface area contributed by atoms with Gasteiger partial charge in [0.25, 0.3) is 5.91 Å². The quantitative estimate of drug-likeness (QED) is 0.528. The summed E-state index contributed by atoms with van der Waals surface area (Å²) < 4.78 is 10.4. The molecule has 0 radical (unpaired) electrons. The predicted molar refractivity (Wildman–Crippen MR) is 136 cm³/mol. The van der Waals surface area contributed by atoms with Crippen molar-refractivity contribution in [2.24, 2.45) is 0 Å².